The van der Waals surface area contributed by atoms with Gasteiger partial charge in [0.25, 0.3) is 0 Å². The van der Waals surface area contributed by atoms with Crippen LogP contribution in [0.2, 0.25) is 0 Å². The fraction of sp³-hybridized carbons (Fsp3) is 0.400. The van der Waals surface area contributed by atoms with E-state index in [2.05, 4.69) is 43.7 Å². The molecule has 0 aliphatic heterocycles. The van der Waals surface area contributed by atoms with Crippen LogP contribution in [0.15, 0.2) is 76.6 Å². The highest BCUT2D eigenvalue weighted by atomic mass is 32.2. The minimum atomic E-state index is -0.0364. The number of hydrogen-bond acceptors (Lipinski definition) is 4. The summed E-state index contributed by atoms with van der Waals surface area (Å²) in [6, 6.07) is 17.5. The molecule has 0 radical (unpaired) electrons. The van der Waals surface area contributed by atoms with E-state index in [4.69, 9.17) is 4.99 Å². The van der Waals surface area contributed by atoms with Crippen molar-refractivity contribution in [2.24, 2.45) is 4.99 Å². The number of rotatable bonds is 11. The van der Waals surface area contributed by atoms with Crippen LogP contribution in [-0.4, -0.2) is 24.0 Å². The average Bonchev–Trinajstić information content (AvgIpc) is 2.87. The van der Waals surface area contributed by atoms with Crippen LogP contribution in [-0.2, 0) is 11.2 Å². The SMILES string of the molecule is C/C=C(\N=C(C)S/C=C(\C)CC)c1ccccc1NC(=O)Cc1ccccc1.CCCNCCC. The first-order chi connectivity index (χ1) is 16.9. The lowest BCUT2D eigenvalue weighted by molar-refractivity contribution is -0.115. The minimum Gasteiger partial charge on any atom is -0.325 e. The van der Waals surface area contributed by atoms with Crippen LogP contribution in [0.1, 0.15) is 71.9 Å². The maximum Gasteiger partial charge on any atom is 0.228 e. The molecule has 0 saturated heterocycles. The van der Waals surface area contributed by atoms with E-state index in [9.17, 15) is 4.79 Å². The van der Waals surface area contributed by atoms with Gasteiger partial charge in [-0.2, -0.15) is 0 Å². The highest BCUT2D eigenvalue weighted by Gasteiger charge is 2.10. The third-order valence-electron chi connectivity index (χ3n) is 5.08. The van der Waals surface area contributed by atoms with Gasteiger partial charge in [0.15, 0.2) is 0 Å². The van der Waals surface area contributed by atoms with E-state index in [1.54, 1.807) is 11.8 Å². The van der Waals surface area contributed by atoms with Gasteiger partial charge in [-0.1, -0.05) is 92.7 Å². The van der Waals surface area contributed by atoms with E-state index >= 15 is 0 Å². The molecule has 4 nitrogen and oxygen atoms in total. The van der Waals surface area contributed by atoms with Gasteiger partial charge in [-0.25, -0.2) is 4.99 Å². The molecule has 0 atom stereocenters. The van der Waals surface area contributed by atoms with Gasteiger partial charge in [-0.05, 0) is 70.2 Å². The third kappa shape index (κ3) is 13.1. The number of carbonyl (C=O) groups is 1. The Labute approximate surface area is 217 Å². The Morgan fingerprint density at radius 3 is 2.17 bits per heavy atom. The van der Waals surface area contributed by atoms with Crippen LogP contribution in [0, 0.1) is 0 Å². The number of nitrogens with zero attached hydrogens (tertiary/aromatic N) is 1. The molecule has 1 amide bonds. The monoisotopic (exact) mass is 493 g/mol. The van der Waals surface area contributed by atoms with Gasteiger partial charge in [0.05, 0.1) is 22.8 Å². The van der Waals surface area contributed by atoms with Crippen molar-refractivity contribution in [2.75, 3.05) is 18.4 Å². The number of amides is 1. The van der Waals surface area contributed by atoms with Crippen LogP contribution in [0.3, 0.4) is 0 Å². The smallest absolute Gasteiger partial charge is 0.228 e. The number of hydrogen-bond donors (Lipinski definition) is 2. The Hall–Kier alpha value is -2.63. The molecule has 2 rings (SSSR count). The zero-order valence-electron chi connectivity index (χ0n) is 22.4. The molecule has 0 fully saturated rings. The zero-order valence-corrected chi connectivity index (χ0v) is 23.2. The highest BCUT2D eigenvalue weighted by Crippen LogP contribution is 2.26. The summed E-state index contributed by atoms with van der Waals surface area (Å²) in [6.45, 7) is 14.9. The lowest BCUT2D eigenvalue weighted by Gasteiger charge is -2.12. The van der Waals surface area contributed by atoms with Gasteiger partial charge < -0.3 is 10.6 Å². The number of nitrogens with one attached hydrogen (secondary N) is 2. The van der Waals surface area contributed by atoms with Crippen LogP contribution >= 0.6 is 11.8 Å². The molecule has 0 aliphatic carbocycles. The molecule has 2 aromatic rings. The number of thioether (sulfide) groups is 1. The second-order valence-corrected chi connectivity index (χ2v) is 9.31. The highest BCUT2D eigenvalue weighted by molar-refractivity contribution is 8.16. The molecule has 0 saturated carbocycles. The molecule has 0 heterocycles. The van der Waals surface area contributed by atoms with Gasteiger partial charge in [-0.3, -0.25) is 4.79 Å². The average molecular weight is 494 g/mol. The lowest BCUT2D eigenvalue weighted by Crippen LogP contribution is -2.15. The molecular weight excluding hydrogens is 450 g/mol. The van der Waals surface area contributed by atoms with Gasteiger partial charge in [0.2, 0.25) is 5.91 Å². The number of allylic oxidation sites excluding steroid dienone is 2. The summed E-state index contributed by atoms with van der Waals surface area (Å²) >= 11 is 1.63. The van der Waals surface area contributed by atoms with Gasteiger partial charge >= 0.3 is 0 Å². The van der Waals surface area contributed by atoms with Crippen LogP contribution < -0.4 is 10.6 Å². The first-order valence-corrected chi connectivity index (χ1v) is 13.5. The molecule has 0 aliphatic rings. The Kier molecular flexibility index (Phi) is 16.2. The number of aliphatic imine (C=N–C) groups is 1. The fourth-order valence-corrected chi connectivity index (χ4v) is 3.70. The second kappa shape index (κ2) is 18.7. The molecule has 0 bridgehead atoms. The Morgan fingerprint density at radius 2 is 1.57 bits per heavy atom. The summed E-state index contributed by atoms with van der Waals surface area (Å²) in [5.74, 6) is -0.0364. The largest absolute Gasteiger partial charge is 0.325 e. The maximum atomic E-state index is 12.5. The topological polar surface area (TPSA) is 53.5 Å². The lowest BCUT2D eigenvalue weighted by atomic mass is 10.1. The maximum absolute atomic E-state index is 12.5. The second-order valence-electron chi connectivity index (χ2n) is 8.25. The Bertz CT molecular complexity index is 961. The Balaban J connectivity index is 0.000000762. The molecule has 0 aromatic heterocycles. The van der Waals surface area contributed by atoms with Crippen LogP contribution in [0.5, 0.6) is 0 Å². The van der Waals surface area contributed by atoms with Crippen molar-refractivity contribution >= 4 is 34.1 Å². The summed E-state index contributed by atoms with van der Waals surface area (Å²) in [6.07, 6.45) is 5.86. The van der Waals surface area contributed by atoms with Crippen molar-refractivity contribution < 1.29 is 4.79 Å². The molecule has 190 valence electrons. The molecule has 0 spiro atoms. The van der Waals surface area contributed by atoms with E-state index in [0.717, 1.165) is 34.0 Å². The standard InChI is InChI=1S/C24H28N2OS.C6H15N/c1-5-18(3)17-28-19(4)25-22(6-2)21-14-10-11-15-23(21)26-24(27)16-20-12-8-7-9-13-20;1-3-5-7-6-4-2/h6-15,17H,5,16H2,1-4H3,(H,26,27);7H,3-6H2,1-2H3/b18-17+,22-6-,25-19?;. The molecule has 0 unspecified atom stereocenters. The van der Waals surface area contributed by atoms with Gasteiger partial charge in [0.1, 0.15) is 0 Å². The van der Waals surface area contributed by atoms with Crippen molar-refractivity contribution in [3.05, 3.63) is 82.8 Å². The van der Waals surface area contributed by atoms with E-state index in [0.29, 0.717) is 6.42 Å². The minimum absolute atomic E-state index is 0.0364. The van der Waals surface area contributed by atoms with Crippen LogP contribution in [0.25, 0.3) is 5.70 Å². The van der Waals surface area contributed by atoms with Crippen molar-refractivity contribution in [1.82, 2.24) is 5.32 Å². The summed E-state index contributed by atoms with van der Waals surface area (Å²) < 4.78 is 0. The zero-order chi connectivity index (χ0) is 25.9. The normalized spacial score (nSPS) is 12.1. The summed E-state index contributed by atoms with van der Waals surface area (Å²) in [5, 5.41) is 9.43. The number of anilines is 1. The summed E-state index contributed by atoms with van der Waals surface area (Å²) in [5.41, 5.74) is 4.87. The van der Waals surface area contributed by atoms with Crippen molar-refractivity contribution in [1.29, 1.82) is 0 Å². The van der Waals surface area contributed by atoms with E-state index in [-0.39, 0.29) is 5.91 Å². The van der Waals surface area contributed by atoms with E-state index in [1.807, 2.05) is 74.5 Å². The van der Waals surface area contributed by atoms with E-state index < -0.39 is 0 Å². The predicted molar refractivity (Wildman–Crippen MR) is 157 cm³/mol. The quantitative estimate of drug-likeness (QED) is 0.189. The predicted octanol–water partition coefficient (Wildman–Crippen LogP) is 8.09. The number of benzene rings is 2. The number of para-hydroxylation sites is 1. The van der Waals surface area contributed by atoms with Gasteiger partial charge in [0, 0.05) is 5.56 Å². The molecule has 2 aromatic carbocycles. The van der Waals surface area contributed by atoms with Crippen LogP contribution in [0.4, 0.5) is 5.69 Å². The first kappa shape index (κ1) is 30.4. The number of carbonyl (C=O) groups excluding carboxylic acids is 1. The van der Waals surface area contributed by atoms with Crippen molar-refractivity contribution in [3.63, 3.8) is 0 Å². The summed E-state index contributed by atoms with van der Waals surface area (Å²) in [4.78, 5) is 17.3. The van der Waals surface area contributed by atoms with Gasteiger partial charge in [-0.15, -0.1) is 0 Å². The van der Waals surface area contributed by atoms with Crippen molar-refractivity contribution in [2.45, 2.75) is 67.2 Å². The van der Waals surface area contributed by atoms with E-state index in [1.165, 1.54) is 31.5 Å². The summed E-state index contributed by atoms with van der Waals surface area (Å²) in [7, 11) is 0. The first-order valence-electron chi connectivity index (χ1n) is 12.6. The molecule has 2 N–H and O–H groups in total. The molecular formula is C30H43N3OS. The Morgan fingerprint density at radius 1 is 0.943 bits per heavy atom. The molecule has 35 heavy (non-hydrogen) atoms. The third-order valence-corrected chi connectivity index (χ3v) is 6.03. The molecule has 5 heteroatoms. The fourth-order valence-electron chi connectivity index (χ4n) is 3.02. The van der Waals surface area contributed by atoms with Crippen molar-refractivity contribution in [3.8, 4) is 0 Å².